The Morgan fingerprint density at radius 3 is 2.43 bits per heavy atom. The normalized spacial score (nSPS) is 12.0. The Labute approximate surface area is 180 Å². The van der Waals surface area contributed by atoms with Crippen LogP contribution in [0, 0.1) is 5.82 Å². The topological polar surface area (TPSA) is 79.9 Å². The Morgan fingerprint density at radius 1 is 1.00 bits per heavy atom. The molecule has 1 atom stereocenters. The molecule has 0 saturated heterocycles. The van der Waals surface area contributed by atoms with Gasteiger partial charge in [0.2, 0.25) is 0 Å². The fraction of sp³-hybridized carbons (Fsp3) is 0.0952. The maximum absolute atomic E-state index is 13.7. The number of rotatable bonds is 6. The first-order valence-corrected chi connectivity index (χ1v) is 8.44. The molecule has 0 fully saturated rings. The van der Waals surface area contributed by atoms with Gasteiger partial charge in [-0.15, -0.1) is 24.0 Å². The molecule has 4 N–H and O–H groups in total. The third kappa shape index (κ3) is 6.21. The summed E-state index contributed by atoms with van der Waals surface area (Å²) in [5.41, 5.74) is 6.74. The van der Waals surface area contributed by atoms with E-state index in [2.05, 4.69) is 10.3 Å². The number of nitrogens with one attached hydrogen (secondary N) is 1. The van der Waals surface area contributed by atoms with E-state index in [0.717, 1.165) is 5.75 Å². The number of aliphatic hydroxyl groups is 1. The molecule has 0 radical (unpaired) electrons. The summed E-state index contributed by atoms with van der Waals surface area (Å²) in [6, 6.07) is 22.7. The lowest BCUT2D eigenvalue weighted by Gasteiger charge is -2.11. The molecule has 0 amide bonds. The van der Waals surface area contributed by atoms with E-state index in [1.54, 1.807) is 18.2 Å². The van der Waals surface area contributed by atoms with Gasteiger partial charge in [-0.3, -0.25) is 4.99 Å². The Hall–Kier alpha value is -2.65. The van der Waals surface area contributed by atoms with Crippen molar-refractivity contribution in [2.75, 3.05) is 11.9 Å². The van der Waals surface area contributed by atoms with Crippen LogP contribution in [0.15, 0.2) is 83.9 Å². The molecule has 3 aromatic carbocycles. The van der Waals surface area contributed by atoms with E-state index in [-0.39, 0.29) is 42.0 Å². The van der Waals surface area contributed by atoms with Crippen molar-refractivity contribution in [3.63, 3.8) is 0 Å². The number of aliphatic hydroxyl groups excluding tert-OH is 1. The van der Waals surface area contributed by atoms with Gasteiger partial charge in [0.1, 0.15) is 23.4 Å². The van der Waals surface area contributed by atoms with E-state index in [1.165, 1.54) is 12.1 Å². The lowest BCUT2D eigenvalue weighted by molar-refractivity contribution is 0.182. The molecular weight excluding hydrogens is 472 g/mol. The van der Waals surface area contributed by atoms with Crippen molar-refractivity contribution in [3.05, 3.63) is 90.2 Å². The number of hydrogen-bond acceptors (Lipinski definition) is 3. The number of halogens is 2. The van der Waals surface area contributed by atoms with Crippen molar-refractivity contribution in [3.8, 4) is 11.5 Å². The second kappa shape index (κ2) is 10.6. The van der Waals surface area contributed by atoms with Crippen LogP contribution >= 0.6 is 24.0 Å². The molecule has 0 saturated carbocycles. The average molecular weight is 493 g/mol. The van der Waals surface area contributed by atoms with E-state index >= 15 is 0 Å². The summed E-state index contributed by atoms with van der Waals surface area (Å²) in [5, 5.41) is 13.0. The van der Waals surface area contributed by atoms with Gasteiger partial charge in [0.05, 0.1) is 6.54 Å². The first-order valence-electron chi connectivity index (χ1n) is 8.44. The molecular formula is C21H21FIN3O2. The lowest BCUT2D eigenvalue weighted by atomic mass is 10.1. The van der Waals surface area contributed by atoms with Gasteiger partial charge in [0.25, 0.3) is 0 Å². The number of benzene rings is 3. The molecule has 28 heavy (non-hydrogen) atoms. The maximum Gasteiger partial charge on any atom is 0.193 e. The second-order valence-corrected chi connectivity index (χ2v) is 5.83. The number of hydrogen-bond donors (Lipinski definition) is 3. The van der Waals surface area contributed by atoms with Crippen LogP contribution in [0.25, 0.3) is 0 Å². The van der Waals surface area contributed by atoms with Crippen molar-refractivity contribution in [1.29, 1.82) is 0 Å². The van der Waals surface area contributed by atoms with E-state index in [4.69, 9.17) is 10.5 Å². The predicted molar refractivity (Wildman–Crippen MR) is 120 cm³/mol. The fourth-order valence-corrected chi connectivity index (χ4v) is 2.48. The van der Waals surface area contributed by atoms with E-state index < -0.39 is 11.9 Å². The monoisotopic (exact) mass is 493 g/mol. The van der Waals surface area contributed by atoms with Crippen LogP contribution in [-0.2, 0) is 0 Å². The average Bonchev–Trinajstić information content (AvgIpc) is 2.67. The van der Waals surface area contributed by atoms with Gasteiger partial charge in [-0.25, -0.2) is 4.39 Å². The quantitative estimate of drug-likeness (QED) is 0.264. The van der Waals surface area contributed by atoms with Crippen molar-refractivity contribution in [2.24, 2.45) is 10.7 Å². The number of anilines is 1. The lowest BCUT2D eigenvalue weighted by Crippen LogP contribution is -2.23. The summed E-state index contributed by atoms with van der Waals surface area (Å²) in [6.07, 6.45) is -1.07. The molecule has 0 aliphatic rings. The molecule has 0 aromatic heterocycles. The minimum atomic E-state index is -1.07. The molecule has 7 heteroatoms. The number of nitrogens with zero attached hydrogens (tertiary/aromatic N) is 1. The number of para-hydroxylation sites is 1. The minimum absolute atomic E-state index is 0. The molecule has 3 rings (SSSR count). The molecule has 3 aromatic rings. The highest BCUT2D eigenvalue weighted by Crippen LogP contribution is 2.23. The Bertz CT molecular complexity index is 922. The van der Waals surface area contributed by atoms with Gasteiger partial charge < -0.3 is 20.9 Å². The summed E-state index contributed by atoms with van der Waals surface area (Å²) >= 11 is 0. The van der Waals surface area contributed by atoms with E-state index in [1.807, 2.05) is 48.5 Å². The zero-order valence-electron chi connectivity index (χ0n) is 15.0. The summed E-state index contributed by atoms with van der Waals surface area (Å²) < 4.78 is 19.4. The largest absolute Gasteiger partial charge is 0.457 e. The summed E-state index contributed by atoms with van der Waals surface area (Å²) in [5.74, 6) is 1.01. The zero-order valence-corrected chi connectivity index (χ0v) is 17.3. The van der Waals surface area contributed by atoms with Crippen LogP contribution in [0.1, 0.15) is 11.7 Å². The van der Waals surface area contributed by atoms with Gasteiger partial charge in [0, 0.05) is 17.3 Å². The molecule has 0 heterocycles. The van der Waals surface area contributed by atoms with Gasteiger partial charge in [-0.2, -0.15) is 0 Å². The summed E-state index contributed by atoms with van der Waals surface area (Å²) in [7, 11) is 0. The molecule has 0 bridgehead atoms. The van der Waals surface area contributed by atoms with Crippen molar-refractivity contribution < 1.29 is 14.2 Å². The Morgan fingerprint density at radius 2 is 1.68 bits per heavy atom. The molecule has 146 valence electrons. The van der Waals surface area contributed by atoms with Crippen LogP contribution in [0.3, 0.4) is 0 Å². The van der Waals surface area contributed by atoms with Crippen LogP contribution < -0.4 is 15.8 Å². The van der Waals surface area contributed by atoms with Gasteiger partial charge in [0.15, 0.2) is 5.96 Å². The molecule has 0 spiro atoms. The molecule has 0 aliphatic heterocycles. The highest BCUT2D eigenvalue weighted by atomic mass is 127. The number of aliphatic imine (C=N–C) groups is 1. The summed E-state index contributed by atoms with van der Waals surface area (Å²) in [4.78, 5) is 4.08. The van der Waals surface area contributed by atoms with E-state index in [0.29, 0.717) is 11.4 Å². The van der Waals surface area contributed by atoms with Crippen LogP contribution in [0.5, 0.6) is 11.5 Å². The third-order valence-electron chi connectivity index (χ3n) is 3.78. The van der Waals surface area contributed by atoms with Crippen molar-refractivity contribution in [1.82, 2.24) is 0 Å². The fourth-order valence-electron chi connectivity index (χ4n) is 2.48. The van der Waals surface area contributed by atoms with Gasteiger partial charge in [-0.05, 0) is 30.3 Å². The smallest absolute Gasteiger partial charge is 0.193 e. The van der Waals surface area contributed by atoms with Crippen LogP contribution in [0.4, 0.5) is 10.1 Å². The maximum atomic E-state index is 13.7. The molecule has 5 nitrogen and oxygen atoms in total. The third-order valence-corrected chi connectivity index (χ3v) is 3.78. The number of nitrogens with two attached hydrogens (primary N) is 1. The highest BCUT2D eigenvalue weighted by molar-refractivity contribution is 14.0. The van der Waals surface area contributed by atoms with Gasteiger partial charge in [-0.1, -0.05) is 42.5 Å². The standard InChI is InChI=1S/C21H20FN3O2.HI/c22-19-12-5-4-11-18(19)20(26)14-24-21(23)25-15-7-6-10-17(13-15)27-16-8-2-1-3-9-16;/h1-13,20,26H,14H2,(H3,23,24,25);1H. The van der Waals surface area contributed by atoms with Crippen molar-refractivity contribution in [2.45, 2.75) is 6.10 Å². The SMILES string of the molecule is I.NC(=NCC(O)c1ccccc1F)Nc1cccc(Oc2ccccc2)c1. The highest BCUT2D eigenvalue weighted by Gasteiger charge is 2.11. The van der Waals surface area contributed by atoms with Crippen molar-refractivity contribution >= 4 is 35.6 Å². The Balaban J connectivity index is 0.00000280. The van der Waals surface area contributed by atoms with Crippen LogP contribution in [0.2, 0.25) is 0 Å². The first-order chi connectivity index (χ1) is 13.1. The van der Waals surface area contributed by atoms with E-state index in [9.17, 15) is 9.50 Å². The Kier molecular flexibility index (Phi) is 8.21. The number of ether oxygens (including phenoxy) is 1. The molecule has 1 unspecified atom stereocenters. The zero-order chi connectivity index (χ0) is 19.1. The summed E-state index contributed by atoms with van der Waals surface area (Å²) in [6.45, 7) is -0.0556. The minimum Gasteiger partial charge on any atom is -0.457 e. The predicted octanol–water partition coefficient (Wildman–Crippen LogP) is 4.70. The molecule has 0 aliphatic carbocycles. The number of guanidine groups is 1. The van der Waals surface area contributed by atoms with Crippen LogP contribution in [-0.4, -0.2) is 17.6 Å². The first kappa shape index (κ1) is 21.6. The second-order valence-electron chi connectivity index (χ2n) is 5.83. The van der Waals surface area contributed by atoms with Gasteiger partial charge >= 0.3 is 0 Å².